The average molecular weight is 246 g/mol. The lowest BCUT2D eigenvalue weighted by molar-refractivity contribution is 0.129. The summed E-state index contributed by atoms with van der Waals surface area (Å²) in [4.78, 5) is 0. The molecule has 0 aliphatic heterocycles. The van der Waals surface area contributed by atoms with Crippen LogP contribution in [0.15, 0.2) is 18.2 Å². The summed E-state index contributed by atoms with van der Waals surface area (Å²) < 4.78 is 18.7. The Bertz CT molecular complexity index is 359. The fraction of sp³-hybridized carbons (Fsp3) is 0.500. The van der Waals surface area contributed by atoms with Gasteiger partial charge in [-0.15, -0.1) is 0 Å². The predicted molar refractivity (Wildman–Crippen MR) is 64.2 cm³/mol. The van der Waals surface area contributed by atoms with E-state index in [1.807, 2.05) is 6.92 Å². The third-order valence-corrected chi connectivity index (χ3v) is 3.00. The van der Waals surface area contributed by atoms with Crippen molar-refractivity contribution >= 4 is 11.6 Å². The second kappa shape index (κ2) is 5.62. The van der Waals surface area contributed by atoms with E-state index in [0.717, 1.165) is 0 Å². The molecule has 2 N–H and O–H groups in total. The Morgan fingerprint density at radius 3 is 2.75 bits per heavy atom. The molecule has 0 aliphatic rings. The van der Waals surface area contributed by atoms with E-state index in [9.17, 15) is 4.39 Å². The first-order valence-corrected chi connectivity index (χ1v) is 5.61. The molecule has 0 aliphatic carbocycles. The Labute approximate surface area is 101 Å². The maximum atomic E-state index is 13.7. The first-order valence-electron chi connectivity index (χ1n) is 5.23. The van der Waals surface area contributed by atoms with Gasteiger partial charge in [-0.1, -0.05) is 30.7 Å². The van der Waals surface area contributed by atoms with E-state index in [-0.39, 0.29) is 10.8 Å². The van der Waals surface area contributed by atoms with Gasteiger partial charge >= 0.3 is 0 Å². The van der Waals surface area contributed by atoms with Crippen LogP contribution in [-0.4, -0.2) is 19.3 Å². The normalized spacial score (nSPS) is 14.8. The fourth-order valence-corrected chi connectivity index (χ4v) is 1.82. The van der Waals surface area contributed by atoms with Gasteiger partial charge in [0.25, 0.3) is 0 Å². The molecule has 0 spiro atoms. The van der Waals surface area contributed by atoms with Crippen LogP contribution in [0.2, 0.25) is 5.02 Å². The molecule has 16 heavy (non-hydrogen) atoms. The molecule has 0 heterocycles. The molecule has 0 saturated carbocycles. The number of halogens is 2. The highest BCUT2D eigenvalue weighted by Gasteiger charge is 2.25. The summed E-state index contributed by atoms with van der Waals surface area (Å²) in [7, 11) is 1.59. The van der Waals surface area contributed by atoms with Crippen molar-refractivity contribution in [1.82, 2.24) is 0 Å². The van der Waals surface area contributed by atoms with Crippen molar-refractivity contribution in [2.75, 3.05) is 13.7 Å². The second-order valence-corrected chi connectivity index (χ2v) is 4.45. The molecule has 2 nitrogen and oxygen atoms in total. The van der Waals surface area contributed by atoms with Gasteiger partial charge in [0.1, 0.15) is 5.82 Å². The van der Waals surface area contributed by atoms with Gasteiger partial charge in [-0.25, -0.2) is 4.39 Å². The molecule has 1 atom stereocenters. The Kier molecular flexibility index (Phi) is 4.71. The molecule has 1 unspecified atom stereocenters. The summed E-state index contributed by atoms with van der Waals surface area (Å²) in [6.45, 7) is 2.36. The van der Waals surface area contributed by atoms with Crippen molar-refractivity contribution in [3.63, 3.8) is 0 Å². The van der Waals surface area contributed by atoms with E-state index >= 15 is 0 Å². The van der Waals surface area contributed by atoms with Gasteiger partial charge in [0.05, 0.1) is 11.6 Å². The Morgan fingerprint density at radius 2 is 2.19 bits per heavy atom. The Hall–Kier alpha value is -0.640. The molecule has 0 saturated heterocycles. The second-order valence-electron chi connectivity index (χ2n) is 4.04. The standard InChI is InChI=1S/C12H17ClFNO/c1-3-12(15,8-16-2)7-9-5-4-6-10(13)11(9)14/h4-6H,3,7-8,15H2,1-2H3. The van der Waals surface area contributed by atoms with Crippen LogP contribution in [0.4, 0.5) is 4.39 Å². The molecule has 1 rings (SSSR count). The van der Waals surface area contributed by atoms with Crippen molar-refractivity contribution in [1.29, 1.82) is 0 Å². The highest BCUT2D eigenvalue weighted by atomic mass is 35.5. The van der Waals surface area contributed by atoms with Crippen molar-refractivity contribution in [3.8, 4) is 0 Å². The van der Waals surface area contributed by atoms with Crippen molar-refractivity contribution in [2.24, 2.45) is 5.73 Å². The molecule has 1 aromatic carbocycles. The largest absolute Gasteiger partial charge is 0.383 e. The number of benzene rings is 1. The summed E-state index contributed by atoms with van der Waals surface area (Å²) in [6.07, 6.45) is 1.14. The lowest BCUT2D eigenvalue weighted by Crippen LogP contribution is -2.46. The van der Waals surface area contributed by atoms with Gasteiger partial charge in [0.15, 0.2) is 0 Å². The SMILES string of the molecule is CCC(N)(COC)Cc1cccc(Cl)c1F. The Morgan fingerprint density at radius 1 is 1.50 bits per heavy atom. The number of methoxy groups -OCH3 is 1. The molecule has 0 bridgehead atoms. The fourth-order valence-electron chi connectivity index (χ4n) is 1.63. The van der Waals surface area contributed by atoms with Crippen LogP contribution >= 0.6 is 11.6 Å². The van der Waals surface area contributed by atoms with Crippen molar-refractivity contribution < 1.29 is 9.13 Å². The summed E-state index contributed by atoms with van der Waals surface area (Å²) in [5.74, 6) is -0.386. The summed E-state index contributed by atoms with van der Waals surface area (Å²) in [5, 5.41) is 0.133. The van der Waals surface area contributed by atoms with Gasteiger partial charge in [-0.2, -0.15) is 0 Å². The number of nitrogens with two attached hydrogens (primary N) is 1. The van der Waals surface area contributed by atoms with E-state index in [1.54, 1.807) is 19.2 Å². The van der Waals surface area contributed by atoms with Crippen molar-refractivity contribution in [2.45, 2.75) is 25.3 Å². The van der Waals surface area contributed by atoms with Crippen LogP contribution in [0, 0.1) is 5.82 Å². The van der Waals surface area contributed by atoms with E-state index < -0.39 is 5.54 Å². The number of hydrogen-bond donors (Lipinski definition) is 1. The molecule has 0 amide bonds. The molecule has 90 valence electrons. The smallest absolute Gasteiger partial charge is 0.145 e. The zero-order chi connectivity index (χ0) is 12.2. The van der Waals surface area contributed by atoms with Gasteiger partial charge in [0.2, 0.25) is 0 Å². The van der Waals surface area contributed by atoms with Crippen LogP contribution in [-0.2, 0) is 11.2 Å². The maximum absolute atomic E-state index is 13.7. The predicted octanol–water partition coefficient (Wildman–Crippen LogP) is 2.78. The van der Waals surface area contributed by atoms with Crippen LogP contribution in [0.3, 0.4) is 0 Å². The molecular weight excluding hydrogens is 229 g/mol. The third kappa shape index (κ3) is 3.17. The molecule has 1 aromatic rings. The lowest BCUT2D eigenvalue weighted by atomic mass is 9.90. The first kappa shape index (κ1) is 13.4. The molecule has 0 fully saturated rings. The minimum absolute atomic E-state index is 0.133. The van der Waals surface area contributed by atoms with Gasteiger partial charge in [-0.3, -0.25) is 0 Å². The van der Waals surface area contributed by atoms with Crippen LogP contribution < -0.4 is 5.73 Å². The Balaban J connectivity index is 2.90. The molecule has 4 heteroatoms. The lowest BCUT2D eigenvalue weighted by Gasteiger charge is -2.27. The molecule has 0 aromatic heterocycles. The summed E-state index contributed by atoms with van der Waals surface area (Å²) in [6, 6.07) is 4.96. The summed E-state index contributed by atoms with van der Waals surface area (Å²) >= 11 is 5.72. The van der Waals surface area contributed by atoms with Crippen molar-refractivity contribution in [3.05, 3.63) is 34.6 Å². The summed E-state index contributed by atoms with van der Waals surface area (Å²) in [5.41, 5.74) is 6.12. The minimum Gasteiger partial charge on any atom is -0.383 e. The molecule has 0 radical (unpaired) electrons. The number of ether oxygens (including phenoxy) is 1. The van der Waals surface area contributed by atoms with Gasteiger partial charge in [-0.05, 0) is 24.5 Å². The van der Waals surface area contributed by atoms with E-state index in [2.05, 4.69) is 0 Å². The zero-order valence-corrected chi connectivity index (χ0v) is 10.4. The first-order chi connectivity index (χ1) is 7.52. The quantitative estimate of drug-likeness (QED) is 0.866. The van der Waals surface area contributed by atoms with Gasteiger partial charge < -0.3 is 10.5 Å². The van der Waals surface area contributed by atoms with Crippen LogP contribution in [0.25, 0.3) is 0 Å². The van der Waals surface area contributed by atoms with E-state index in [4.69, 9.17) is 22.1 Å². The highest BCUT2D eigenvalue weighted by molar-refractivity contribution is 6.30. The number of rotatable bonds is 5. The van der Waals surface area contributed by atoms with Gasteiger partial charge in [0, 0.05) is 12.6 Å². The monoisotopic (exact) mass is 245 g/mol. The van der Waals surface area contributed by atoms with E-state index in [0.29, 0.717) is 25.0 Å². The average Bonchev–Trinajstić information content (AvgIpc) is 2.25. The molecular formula is C12H17ClFNO. The van der Waals surface area contributed by atoms with Crippen LogP contribution in [0.5, 0.6) is 0 Å². The topological polar surface area (TPSA) is 35.2 Å². The van der Waals surface area contributed by atoms with Crippen LogP contribution in [0.1, 0.15) is 18.9 Å². The minimum atomic E-state index is -0.541. The third-order valence-electron chi connectivity index (χ3n) is 2.71. The number of hydrogen-bond acceptors (Lipinski definition) is 2. The zero-order valence-electron chi connectivity index (χ0n) is 9.59. The van der Waals surface area contributed by atoms with E-state index in [1.165, 1.54) is 6.07 Å². The maximum Gasteiger partial charge on any atom is 0.145 e. The highest BCUT2D eigenvalue weighted by Crippen LogP contribution is 2.22.